The van der Waals surface area contributed by atoms with Gasteiger partial charge in [0.15, 0.2) is 0 Å². The summed E-state index contributed by atoms with van der Waals surface area (Å²) in [7, 11) is 0. The van der Waals surface area contributed by atoms with Crippen molar-refractivity contribution in [2.45, 2.75) is 25.8 Å². The third kappa shape index (κ3) is 3.53. The maximum absolute atomic E-state index is 12.8. The largest absolute Gasteiger partial charge is 0.351 e. The molecule has 1 unspecified atom stereocenters. The zero-order chi connectivity index (χ0) is 21.5. The zero-order valence-electron chi connectivity index (χ0n) is 17.1. The molecule has 0 aliphatic heterocycles. The summed E-state index contributed by atoms with van der Waals surface area (Å²) >= 11 is 3.35. The van der Waals surface area contributed by atoms with Crippen LogP contribution in [0.1, 0.15) is 21.7 Å². The van der Waals surface area contributed by atoms with Crippen molar-refractivity contribution < 1.29 is 4.79 Å². The minimum atomic E-state index is 0.00314. The molecule has 0 fully saturated rings. The number of rotatable bonds is 5. The summed E-state index contributed by atoms with van der Waals surface area (Å²) in [6.07, 6.45) is 5.87. The van der Waals surface area contributed by atoms with Gasteiger partial charge in [-0.2, -0.15) is 5.10 Å². The van der Waals surface area contributed by atoms with Gasteiger partial charge < -0.3 is 10.6 Å². The summed E-state index contributed by atoms with van der Waals surface area (Å²) in [6, 6.07) is 10.1. The number of hydrogen-bond donors (Lipinski definition) is 3. The Balaban J connectivity index is 1.25. The summed E-state index contributed by atoms with van der Waals surface area (Å²) < 4.78 is 0. The molecule has 6 rings (SSSR count). The van der Waals surface area contributed by atoms with Crippen LogP contribution in [0.15, 0.2) is 48.2 Å². The molecular formula is C23H20N6OS2. The number of anilines is 2. The van der Waals surface area contributed by atoms with Gasteiger partial charge in [0.1, 0.15) is 17.0 Å². The van der Waals surface area contributed by atoms with Crippen molar-refractivity contribution in [2.75, 3.05) is 5.32 Å². The number of carbonyl (C=O) groups excluding carboxylic acids is 1. The molecule has 32 heavy (non-hydrogen) atoms. The normalized spacial score (nSPS) is 15.7. The van der Waals surface area contributed by atoms with Gasteiger partial charge in [0, 0.05) is 26.7 Å². The average molecular weight is 461 g/mol. The molecule has 1 aliphatic carbocycles. The molecule has 4 heterocycles. The van der Waals surface area contributed by atoms with E-state index >= 15 is 0 Å². The van der Waals surface area contributed by atoms with E-state index in [0.29, 0.717) is 6.54 Å². The van der Waals surface area contributed by atoms with Gasteiger partial charge in [-0.05, 0) is 54.5 Å². The minimum Gasteiger partial charge on any atom is -0.351 e. The second-order valence-electron chi connectivity index (χ2n) is 7.94. The maximum Gasteiger partial charge on any atom is 0.223 e. The van der Waals surface area contributed by atoms with E-state index in [0.717, 1.165) is 51.9 Å². The van der Waals surface area contributed by atoms with Crippen LogP contribution in [0.5, 0.6) is 0 Å². The highest BCUT2D eigenvalue weighted by Gasteiger charge is 2.29. The Morgan fingerprint density at radius 3 is 3.12 bits per heavy atom. The summed E-state index contributed by atoms with van der Waals surface area (Å²) in [5, 5.41) is 17.8. The Morgan fingerprint density at radius 1 is 1.25 bits per heavy atom. The number of fused-ring (bicyclic) bond motifs is 4. The molecule has 0 radical (unpaired) electrons. The fourth-order valence-electron chi connectivity index (χ4n) is 4.32. The molecular weight excluding hydrogens is 440 g/mol. The molecule has 0 saturated heterocycles. The highest BCUT2D eigenvalue weighted by Crippen LogP contribution is 2.40. The molecule has 160 valence electrons. The van der Waals surface area contributed by atoms with Crippen molar-refractivity contribution in [2.24, 2.45) is 5.92 Å². The highest BCUT2D eigenvalue weighted by atomic mass is 32.1. The van der Waals surface area contributed by atoms with Crippen LogP contribution < -0.4 is 10.6 Å². The first-order valence-electron chi connectivity index (χ1n) is 10.5. The number of nitrogens with zero attached hydrogens (tertiary/aromatic N) is 3. The van der Waals surface area contributed by atoms with Crippen molar-refractivity contribution in [3.63, 3.8) is 0 Å². The first-order chi connectivity index (χ1) is 15.7. The Morgan fingerprint density at radius 2 is 2.22 bits per heavy atom. The first-order valence-corrected chi connectivity index (χ1v) is 12.2. The second-order valence-corrected chi connectivity index (χ2v) is 10.1. The van der Waals surface area contributed by atoms with Crippen LogP contribution in [0.2, 0.25) is 0 Å². The quantitative estimate of drug-likeness (QED) is 0.350. The Hall–Kier alpha value is -3.30. The van der Waals surface area contributed by atoms with E-state index in [1.54, 1.807) is 29.0 Å². The van der Waals surface area contributed by atoms with Gasteiger partial charge in [-0.1, -0.05) is 6.07 Å². The van der Waals surface area contributed by atoms with Crippen molar-refractivity contribution in [1.82, 2.24) is 25.5 Å². The monoisotopic (exact) mass is 460 g/mol. The van der Waals surface area contributed by atoms with E-state index in [-0.39, 0.29) is 11.8 Å². The fourth-order valence-corrected chi connectivity index (χ4v) is 6.23. The number of aryl methyl sites for hydroxylation is 1. The molecule has 0 saturated carbocycles. The Kier molecular flexibility index (Phi) is 4.84. The van der Waals surface area contributed by atoms with E-state index in [1.165, 1.54) is 15.3 Å². The van der Waals surface area contributed by atoms with Crippen LogP contribution in [0.4, 0.5) is 11.5 Å². The third-order valence-electron chi connectivity index (χ3n) is 5.94. The number of aromatic nitrogens is 4. The molecule has 1 aromatic carbocycles. The van der Waals surface area contributed by atoms with Crippen molar-refractivity contribution in [1.29, 1.82) is 0 Å². The smallest absolute Gasteiger partial charge is 0.223 e. The van der Waals surface area contributed by atoms with E-state index in [9.17, 15) is 4.79 Å². The van der Waals surface area contributed by atoms with E-state index in [1.807, 2.05) is 35.8 Å². The average Bonchev–Trinajstić information content (AvgIpc) is 3.56. The van der Waals surface area contributed by atoms with E-state index < -0.39 is 0 Å². The van der Waals surface area contributed by atoms with Gasteiger partial charge >= 0.3 is 0 Å². The topological polar surface area (TPSA) is 95.6 Å². The lowest BCUT2D eigenvalue weighted by Crippen LogP contribution is -2.33. The summed E-state index contributed by atoms with van der Waals surface area (Å²) in [5.41, 5.74) is 3.24. The van der Waals surface area contributed by atoms with Crippen LogP contribution in [-0.4, -0.2) is 26.1 Å². The number of thiophene rings is 2. The third-order valence-corrected chi connectivity index (χ3v) is 7.97. The Bertz CT molecular complexity index is 1420. The standard InChI is InChI=1S/C23H20N6OS2/c30-22(24-11-16-2-1-7-31-16)13-3-5-17-19(9-13)32-23-20(17)21(25-12-26-23)28-15-4-6-18-14(8-15)10-27-29-18/h1-2,4,6-8,10,12-13H,3,5,9,11H2,(H,24,30)(H,27,29)(H,25,26,28). The van der Waals surface area contributed by atoms with Gasteiger partial charge in [-0.25, -0.2) is 9.97 Å². The summed E-state index contributed by atoms with van der Waals surface area (Å²) in [5.74, 6) is 0.957. The van der Waals surface area contributed by atoms with Gasteiger partial charge in [0.25, 0.3) is 0 Å². The number of carbonyl (C=O) groups is 1. The second kappa shape index (κ2) is 7.99. The van der Waals surface area contributed by atoms with Gasteiger partial charge in [-0.3, -0.25) is 9.89 Å². The SMILES string of the molecule is O=C(NCc1cccs1)C1CCc2c(sc3ncnc(Nc4ccc5[nH]ncc5c4)c23)C1. The summed E-state index contributed by atoms with van der Waals surface area (Å²) in [6.45, 7) is 0.604. The molecule has 4 aromatic heterocycles. The predicted molar refractivity (Wildman–Crippen MR) is 128 cm³/mol. The molecule has 0 bridgehead atoms. The number of H-pyrrole nitrogens is 1. The molecule has 1 aliphatic rings. The molecule has 9 heteroatoms. The fraction of sp³-hybridized carbons (Fsp3) is 0.217. The number of benzene rings is 1. The first kappa shape index (κ1) is 19.4. The van der Waals surface area contributed by atoms with Crippen molar-refractivity contribution in [3.05, 3.63) is 63.6 Å². The minimum absolute atomic E-state index is 0.00314. The van der Waals surface area contributed by atoms with Crippen LogP contribution in [0.25, 0.3) is 21.1 Å². The number of nitrogens with one attached hydrogen (secondary N) is 3. The number of amides is 1. The van der Waals surface area contributed by atoms with Gasteiger partial charge in [0.05, 0.1) is 23.6 Å². The maximum atomic E-state index is 12.8. The molecule has 7 nitrogen and oxygen atoms in total. The zero-order valence-corrected chi connectivity index (χ0v) is 18.7. The molecule has 3 N–H and O–H groups in total. The predicted octanol–water partition coefficient (Wildman–Crippen LogP) is 4.79. The lowest BCUT2D eigenvalue weighted by Gasteiger charge is -2.21. The van der Waals surface area contributed by atoms with E-state index in [2.05, 4.69) is 36.9 Å². The van der Waals surface area contributed by atoms with Crippen molar-refractivity contribution >= 4 is 61.2 Å². The Labute approximate surface area is 191 Å². The van der Waals surface area contributed by atoms with E-state index in [4.69, 9.17) is 0 Å². The van der Waals surface area contributed by atoms with Crippen molar-refractivity contribution in [3.8, 4) is 0 Å². The lowest BCUT2D eigenvalue weighted by molar-refractivity contribution is -0.125. The van der Waals surface area contributed by atoms with Gasteiger partial charge in [0.2, 0.25) is 5.91 Å². The van der Waals surface area contributed by atoms with Gasteiger partial charge in [-0.15, -0.1) is 22.7 Å². The lowest BCUT2D eigenvalue weighted by atomic mass is 9.87. The molecule has 1 amide bonds. The highest BCUT2D eigenvalue weighted by molar-refractivity contribution is 7.19. The van der Waals surface area contributed by atoms with Crippen LogP contribution >= 0.6 is 22.7 Å². The van der Waals surface area contributed by atoms with Crippen LogP contribution in [0.3, 0.4) is 0 Å². The number of aromatic amines is 1. The number of hydrogen-bond acceptors (Lipinski definition) is 7. The molecule has 0 spiro atoms. The van der Waals surface area contributed by atoms with Crippen LogP contribution in [-0.2, 0) is 24.2 Å². The molecule has 1 atom stereocenters. The van der Waals surface area contributed by atoms with Crippen LogP contribution in [0, 0.1) is 5.92 Å². The molecule has 5 aromatic rings. The summed E-state index contributed by atoms with van der Waals surface area (Å²) in [4.78, 5) is 25.2.